The van der Waals surface area contributed by atoms with Crippen LogP contribution in [0, 0.1) is 10.1 Å². The average Bonchev–Trinajstić information content (AvgIpc) is 3.07. The van der Waals surface area contributed by atoms with Crippen molar-refractivity contribution >= 4 is 23.4 Å². The van der Waals surface area contributed by atoms with Gasteiger partial charge in [-0.3, -0.25) is 14.9 Å². The molecule has 0 bridgehead atoms. The molecule has 1 aliphatic rings. The number of benzene rings is 1. The van der Waals surface area contributed by atoms with E-state index in [0.717, 1.165) is 0 Å². The van der Waals surface area contributed by atoms with Gasteiger partial charge in [-0.1, -0.05) is 0 Å². The topological polar surface area (TPSA) is 113 Å². The summed E-state index contributed by atoms with van der Waals surface area (Å²) in [5, 5.41) is 13.8. The Morgan fingerprint density at radius 3 is 2.76 bits per heavy atom. The number of amides is 1. The molecule has 0 unspecified atom stereocenters. The number of hydrogen-bond acceptors (Lipinski definition) is 7. The standard InChI is InChI=1S/C16H13N3O6/c1-23-16-5-3-11(8-17-16)18-15(20)4-2-10-6-13-14(25-9-24-13)7-12(10)19(21)22/h2-8H,9H2,1H3,(H,18,20). The number of ether oxygens (including phenoxy) is 3. The molecule has 0 atom stereocenters. The molecular weight excluding hydrogens is 330 g/mol. The van der Waals surface area contributed by atoms with Crippen LogP contribution in [0.25, 0.3) is 6.08 Å². The number of nitrogens with one attached hydrogen (secondary N) is 1. The normalized spacial score (nSPS) is 12.2. The second-order valence-corrected chi connectivity index (χ2v) is 4.93. The fourth-order valence-electron chi connectivity index (χ4n) is 2.16. The second kappa shape index (κ2) is 6.87. The zero-order chi connectivity index (χ0) is 17.8. The average molecular weight is 343 g/mol. The van der Waals surface area contributed by atoms with Crippen molar-refractivity contribution in [1.82, 2.24) is 4.98 Å². The first kappa shape index (κ1) is 16.2. The zero-order valence-electron chi connectivity index (χ0n) is 13.1. The lowest BCUT2D eigenvalue weighted by atomic mass is 10.1. The summed E-state index contributed by atoms with van der Waals surface area (Å²) in [4.78, 5) is 26.6. The third-order valence-electron chi connectivity index (χ3n) is 3.35. The molecule has 0 aliphatic carbocycles. The van der Waals surface area contributed by atoms with Gasteiger partial charge in [0.25, 0.3) is 5.69 Å². The minimum atomic E-state index is -0.549. The van der Waals surface area contributed by atoms with Crippen LogP contribution in [0.2, 0.25) is 0 Å². The number of rotatable bonds is 5. The molecule has 0 fully saturated rings. The summed E-state index contributed by atoms with van der Waals surface area (Å²) in [5.41, 5.74) is 0.521. The Hall–Kier alpha value is -3.62. The zero-order valence-corrected chi connectivity index (χ0v) is 13.1. The quantitative estimate of drug-likeness (QED) is 0.504. The second-order valence-electron chi connectivity index (χ2n) is 4.93. The summed E-state index contributed by atoms with van der Waals surface area (Å²) in [6.07, 6.45) is 3.97. The van der Waals surface area contributed by atoms with E-state index in [1.165, 1.54) is 37.6 Å². The highest BCUT2D eigenvalue weighted by Gasteiger charge is 2.22. The predicted octanol–water partition coefficient (Wildman–Crippen LogP) is 2.38. The lowest BCUT2D eigenvalue weighted by Gasteiger charge is -2.03. The van der Waals surface area contributed by atoms with Crippen molar-refractivity contribution in [3.05, 3.63) is 52.2 Å². The van der Waals surface area contributed by atoms with E-state index in [1.807, 2.05) is 0 Å². The molecule has 25 heavy (non-hydrogen) atoms. The minimum absolute atomic E-state index is 0.00457. The van der Waals surface area contributed by atoms with E-state index in [4.69, 9.17) is 14.2 Å². The Balaban J connectivity index is 1.76. The number of aromatic nitrogens is 1. The van der Waals surface area contributed by atoms with Gasteiger partial charge >= 0.3 is 0 Å². The van der Waals surface area contributed by atoms with Crippen molar-refractivity contribution in [2.45, 2.75) is 0 Å². The van der Waals surface area contributed by atoms with Crippen molar-refractivity contribution in [2.24, 2.45) is 0 Å². The molecule has 1 N–H and O–H groups in total. The molecule has 0 spiro atoms. The Labute approximate surface area is 142 Å². The summed E-state index contributed by atoms with van der Waals surface area (Å²) in [5.74, 6) is 0.658. The molecule has 2 heterocycles. The number of nitro benzene ring substituents is 1. The number of nitro groups is 1. The molecule has 0 saturated heterocycles. The van der Waals surface area contributed by atoms with Crippen molar-refractivity contribution in [3.63, 3.8) is 0 Å². The molecule has 128 valence electrons. The van der Waals surface area contributed by atoms with Crippen LogP contribution in [0.5, 0.6) is 17.4 Å². The maximum atomic E-state index is 12.0. The molecule has 1 aromatic heterocycles. The van der Waals surface area contributed by atoms with E-state index in [-0.39, 0.29) is 18.0 Å². The largest absolute Gasteiger partial charge is 0.481 e. The summed E-state index contributed by atoms with van der Waals surface area (Å²) in [6.45, 7) is 0.00457. The number of fused-ring (bicyclic) bond motifs is 1. The first-order valence-electron chi connectivity index (χ1n) is 7.14. The highest BCUT2D eigenvalue weighted by molar-refractivity contribution is 6.02. The number of anilines is 1. The van der Waals surface area contributed by atoms with Crippen molar-refractivity contribution in [1.29, 1.82) is 0 Å². The maximum Gasteiger partial charge on any atom is 0.280 e. The smallest absolute Gasteiger partial charge is 0.280 e. The van der Waals surface area contributed by atoms with Crippen LogP contribution in [0.4, 0.5) is 11.4 Å². The highest BCUT2D eigenvalue weighted by atomic mass is 16.7. The third kappa shape index (κ3) is 3.66. The van der Waals surface area contributed by atoms with Crippen LogP contribution in [-0.2, 0) is 4.79 Å². The van der Waals surface area contributed by atoms with Gasteiger partial charge in [-0.05, 0) is 18.2 Å². The molecule has 1 aliphatic heterocycles. The van der Waals surface area contributed by atoms with Crippen LogP contribution >= 0.6 is 0 Å². The number of nitrogens with zero attached hydrogens (tertiary/aromatic N) is 2. The molecule has 9 heteroatoms. The van der Waals surface area contributed by atoms with E-state index >= 15 is 0 Å². The molecule has 1 amide bonds. The third-order valence-corrected chi connectivity index (χ3v) is 3.35. The van der Waals surface area contributed by atoms with Crippen LogP contribution in [-0.4, -0.2) is 29.7 Å². The number of hydrogen-bond donors (Lipinski definition) is 1. The van der Waals surface area contributed by atoms with Crippen LogP contribution in [0.1, 0.15) is 5.56 Å². The summed E-state index contributed by atoms with van der Waals surface area (Å²) < 4.78 is 15.2. The van der Waals surface area contributed by atoms with Gasteiger partial charge < -0.3 is 19.5 Å². The molecule has 1 aromatic carbocycles. The van der Waals surface area contributed by atoms with Gasteiger partial charge in [0.2, 0.25) is 18.6 Å². The first-order valence-corrected chi connectivity index (χ1v) is 7.14. The number of pyridine rings is 1. The number of methoxy groups -OCH3 is 1. The van der Waals surface area contributed by atoms with Crippen LogP contribution in [0.3, 0.4) is 0 Å². The molecule has 0 saturated carbocycles. The fraction of sp³-hybridized carbons (Fsp3) is 0.125. The molecule has 3 rings (SSSR count). The number of carbonyl (C=O) groups is 1. The van der Waals surface area contributed by atoms with Gasteiger partial charge in [-0.25, -0.2) is 4.98 Å². The monoisotopic (exact) mass is 343 g/mol. The van der Waals surface area contributed by atoms with Crippen LogP contribution < -0.4 is 19.5 Å². The lowest BCUT2D eigenvalue weighted by molar-refractivity contribution is -0.385. The van der Waals surface area contributed by atoms with Crippen LogP contribution in [0.15, 0.2) is 36.5 Å². The summed E-state index contributed by atoms with van der Waals surface area (Å²) >= 11 is 0. The molecular formula is C16H13N3O6. The summed E-state index contributed by atoms with van der Waals surface area (Å²) in [7, 11) is 1.49. The minimum Gasteiger partial charge on any atom is -0.481 e. The Kier molecular flexibility index (Phi) is 4.46. The van der Waals surface area contributed by atoms with Gasteiger partial charge in [0, 0.05) is 12.1 Å². The molecule has 2 aromatic rings. The maximum absolute atomic E-state index is 12.0. The van der Waals surface area contributed by atoms with E-state index in [2.05, 4.69) is 10.3 Å². The lowest BCUT2D eigenvalue weighted by Crippen LogP contribution is -2.08. The van der Waals surface area contributed by atoms with Crippen molar-refractivity contribution in [3.8, 4) is 17.4 Å². The van der Waals surface area contributed by atoms with Gasteiger partial charge in [0.15, 0.2) is 11.5 Å². The SMILES string of the molecule is COc1ccc(NC(=O)C=Cc2cc3c(cc2[N+](=O)[O-])OCO3)cn1. The van der Waals surface area contributed by atoms with Gasteiger partial charge in [-0.15, -0.1) is 0 Å². The highest BCUT2D eigenvalue weighted by Crippen LogP contribution is 2.38. The summed E-state index contributed by atoms with van der Waals surface area (Å²) in [6, 6.07) is 5.95. The van der Waals surface area contributed by atoms with Crippen molar-refractivity contribution < 1.29 is 23.9 Å². The number of carbonyl (C=O) groups excluding carboxylic acids is 1. The van der Waals surface area contributed by atoms with E-state index in [0.29, 0.717) is 23.1 Å². The van der Waals surface area contributed by atoms with Gasteiger partial charge in [-0.2, -0.15) is 0 Å². The fourth-order valence-corrected chi connectivity index (χ4v) is 2.16. The van der Waals surface area contributed by atoms with Crippen molar-refractivity contribution in [2.75, 3.05) is 19.2 Å². The Bertz CT molecular complexity index is 848. The predicted molar refractivity (Wildman–Crippen MR) is 87.7 cm³/mol. The van der Waals surface area contributed by atoms with E-state index in [1.54, 1.807) is 12.1 Å². The molecule has 9 nitrogen and oxygen atoms in total. The van der Waals surface area contributed by atoms with E-state index in [9.17, 15) is 14.9 Å². The first-order chi connectivity index (χ1) is 12.1. The van der Waals surface area contributed by atoms with Gasteiger partial charge in [0.05, 0.1) is 35.5 Å². The van der Waals surface area contributed by atoms with Gasteiger partial charge in [0.1, 0.15) is 0 Å². The Morgan fingerprint density at radius 2 is 2.12 bits per heavy atom. The van der Waals surface area contributed by atoms with E-state index < -0.39 is 10.8 Å². The Morgan fingerprint density at radius 1 is 1.36 bits per heavy atom. The molecule has 0 radical (unpaired) electrons.